The molecule has 1 heterocycles. The topological polar surface area (TPSA) is 35.0 Å². The highest BCUT2D eigenvalue weighted by Gasteiger charge is 2.10. The van der Waals surface area contributed by atoms with Crippen molar-refractivity contribution in [3.05, 3.63) is 44.6 Å². The molecule has 0 aliphatic carbocycles. The normalized spacial score (nSPS) is 10.7. The molecule has 0 aliphatic rings. The molecule has 18 heavy (non-hydrogen) atoms. The molecule has 0 amide bonds. The number of ether oxygens (including phenoxy) is 1. The van der Waals surface area contributed by atoms with E-state index in [0.717, 1.165) is 11.1 Å². The molecule has 0 saturated heterocycles. The Balaban J connectivity index is 2.45. The lowest BCUT2D eigenvalue weighted by Gasteiger charge is -2.06. The minimum absolute atomic E-state index is 0.294. The monoisotopic (exact) mass is 346 g/mol. The fourth-order valence-corrected chi connectivity index (χ4v) is 2.05. The Morgan fingerprint density at radius 2 is 1.89 bits per heavy atom. The first-order valence-electron chi connectivity index (χ1n) is 5.08. The molecule has 1 aromatic carbocycles. The number of hydrogen-bond donors (Lipinski definition) is 0. The van der Waals surface area contributed by atoms with E-state index in [1.807, 2.05) is 24.3 Å². The molecule has 0 saturated carbocycles. The largest absolute Gasteiger partial charge is 0.380 e. The van der Waals surface area contributed by atoms with Gasteiger partial charge < -0.3 is 4.74 Å². The van der Waals surface area contributed by atoms with Gasteiger partial charge in [-0.2, -0.15) is 0 Å². The van der Waals surface area contributed by atoms with Crippen molar-refractivity contribution in [3.8, 4) is 11.4 Å². The molecule has 94 valence electrons. The fraction of sp³-hybridized carbons (Fsp3) is 0.167. The van der Waals surface area contributed by atoms with Gasteiger partial charge in [0, 0.05) is 12.7 Å². The Kier molecular flexibility index (Phi) is 4.56. The lowest BCUT2D eigenvalue weighted by Crippen LogP contribution is -1.94. The second-order valence-electron chi connectivity index (χ2n) is 3.58. The van der Waals surface area contributed by atoms with E-state index in [4.69, 9.17) is 27.9 Å². The smallest absolute Gasteiger partial charge is 0.162 e. The van der Waals surface area contributed by atoms with Crippen molar-refractivity contribution in [2.45, 2.75) is 6.61 Å². The SMILES string of the molecule is COCc1cccc(-c2nc(Cl)c(Br)c(Cl)n2)c1. The van der Waals surface area contributed by atoms with E-state index < -0.39 is 0 Å². The second-order valence-corrected chi connectivity index (χ2v) is 5.09. The molecule has 1 aromatic heterocycles. The second kappa shape index (κ2) is 5.97. The van der Waals surface area contributed by atoms with Crippen LogP contribution in [0.25, 0.3) is 11.4 Å². The number of halogens is 3. The summed E-state index contributed by atoms with van der Waals surface area (Å²) in [5.74, 6) is 0.492. The number of aromatic nitrogens is 2. The fourth-order valence-electron chi connectivity index (χ4n) is 1.49. The van der Waals surface area contributed by atoms with Crippen molar-refractivity contribution in [1.29, 1.82) is 0 Å². The highest BCUT2D eigenvalue weighted by atomic mass is 79.9. The zero-order chi connectivity index (χ0) is 13.1. The summed E-state index contributed by atoms with van der Waals surface area (Å²) in [5.41, 5.74) is 1.88. The molecule has 0 radical (unpaired) electrons. The van der Waals surface area contributed by atoms with Crippen LogP contribution in [-0.4, -0.2) is 17.1 Å². The van der Waals surface area contributed by atoms with E-state index in [1.54, 1.807) is 7.11 Å². The maximum absolute atomic E-state index is 5.96. The van der Waals surface area contributed by atoms with Crippen LogP contribution in [-0.2, 0) is 11.3 Å². The molecule has 2 rings (SSSR count). The molecular weight excluding hydrogens is 339 g/mol. The summed E-state index contributed by atoms with van der Waals surface area (Å²) < 4.78 is 5.59. The quantitative estimate of drug-likeness (QED) is 0.774. The lowest BCUT2D eigenvalue weighted by molar-refractivity contribution is 0.185. The highest BCUT2D eigenvalue weighted by Crippen LogP contribution is 2.30. The van der Waals surface area contributed by atoms with Crippen LogP contribution >= 0.6 is 39.1 Å². The van der Waals surface area contributed by atoms with E-state index >= 15 is 0 Å². The van der Waals surface area contributed by atoms with Gasteiger partial charge in [-0.3, -0.25) is 0 Å². The van der Waals surface area contributed by atoms with Gasteiger partial charge in [0.2, 0.25) is 0 Å². The van der Waals surface area contributed by atoms with Gasteiger partial charge in [0.25, 0.3) is 0 Å². The number of nitrogens with zero attached hydrogens (tertiary/aromatic N) is 2. The van der Waals surface area contributed by atoms with Crippen LogP contribution in [0.4, 0.5) is 0 Å². The highest BCUT2D eigenvalue weighted by molar-refractivity contribution is 9.10. The molecule has 0 unspecified atom stereocenters. The predicted octanol–water partition coefficient (Wildman–Crippen LogP) is 4.36. The minimum atomic E-state index is 0.294. The van der Waals surface area contributed by atoms with Gasteiger partial charge in [-0.1, -0.05) is 41.4 Å². The van der Waals surface area contributed by atoms with Gasteiger partial charge in [0.05, 0.1) is 11.1 Å². The minimum Gasteiger partial charge on any atom is -0.380 e. The Morgan fingerprint density at radius 1 is 1.22 bits per heavy atom. The summed E-state index contributed by atoms with van der Waals surface area (Å²) in [5, 5.41) is 0.587. The van der Waals surface area contributed by atoms with Crippen LogP contribution < -0.4 is 0 Å². The van der Waals surface area contributed by atoms with Crippen LogP contribution in [0.15, 0.2) is 28.7 Å². The van der Waals surface area contributed by atoms with E-state index in [2.05, 4.69) is 25.9 Å². The molecule has 6 heteroatoms. The third kappa shape index (κ3) is 3.01. The maximum Gasteiger partial charge on any atom is 0.162 e. The number of hydrogen-bond acceptors (Lipinski definition) is 3. The van der Waals surface area contributed by atoms with Gasteiger partial charge >= 0.3 is 0 Å². The summed E-state index contributed by atoms with van der Waals surface area (Å²) in [6.45, 7) is 0.534. The summed E-state index contributed by atoms with van der Waals surface area (Å²) in [6.07, 6.45) is 0. The zero-order valence-corrected chi connectivity index (χ0v) is 12.6. The van der Waals surface area contributed by atoms with Gasteiger partial charge in [0.1, 0.15) is 10.3 Å². The van der Waals surface area contributed by atoms with E-state index in [0.29, 0.717) is 27.2 Å². The first-order valence-corrected chi connectivity index (χ1v) is 6.63. The van der Waals surface area contributed by atoms with Gasteiger partial charge in [0.15, 0.2) is 5.82 Å². The molecule has 0 spiro atoms. The third-order valence-corrected chi connectivity index (χ3v) is 4.02. The van der Waals surface area contributed by atoms with Crippen LogP contribution in [0.1, 0.15) is 5.56 Å². The van der Waals surface area contributed by atoms with Crippen molar-refractivity contribution in [1.82, 2.24) is 9.97 Å². The molecule has 0 N–H and O–H groups in total. The Hall–Kier alpha value is -0.680. The molecule has 3 nitrogen and oxygen atoms in total. The van der Waals surface area contributed by atoms with Gasteiger partial charge in [-0.15, -0.1) is 0 Å². The molecule has 0 aliphatic heterocycles. The Morgan fingerprint density at radius 3 is 2.50 bits per heavy atom. The van der Waals surface area contributed by atoms with E-state index in [-0.39, 0.29) is 0 Å². The van der Waals surface area contributed by atoms with Gasteiger partial charge in [-0.05, 0) is 27.6 Å². The summed E-state index contributed by atoms with van der Waals surface area (Å²) in [7, 11) is 1.65. The van der Waals surface area contributed by atoms with Crippen LogP contribution in [0.2, 0.25) is 10.3 Å². The summed E-state index contributed by atoms with van der Waals surface area (Å²) in [4.78, 5) is 8.37. The van der Waals surface area contributed by atoms with Crippen molar-refractivity contribution >= 4 is 39.1 Å². The molecule has 0 bridgehead atoms. The molecule has 2 aromatic rings. The molecular formula is C12H9BrCl2N2O. The number of methoxy groups -OCH3 is 1. The van der Waals surface area contributed by atoms with Crippen LogP contribution in [0, 0.1) is 0 Å². The van der Waals surface area contributed by atoms with E-state index in [1.165, 1.54) is 0 Å². The first-order chi connectivity index (χ1) is 8.61. The third-order valence-electron chi connectivity index (χ3n) is 2.27. The number of benzene rings is 1. The Labute approximate surface area is 123 Å². The van der Waals surface area contributed by atoms with Crippen LogP contribution in [0.5, 0.6) is 0 Å². The van der Waals surface area contributed by atoms with Crippen molar-refractivity contribution in [3.63, 3.8) is 0 Å². The summed E-state index contributed by atoms with van der Waals surface area (Å²) in [6, 6.07) is 7.72. The maximum atomic E-state index is 5.96. The average Bonchev–Trinajstić information content (AvgIpc) is 2.36. The standard InChI is InChI=1S/C12H9BrCl2N2O/c1-18-6-7-3-2-4-8(5-7)12-16-10(14)9(13)11(15)17-12/h2-5H,6H2,1H3. The number of rotatable bonds is 3. The molecule has 0 atom stereocenters. The first kappa shape index (κ1) is 13.7. The molecule has 0 fully saturated rings. The van der Waals surface area contributed by atoms with Crippen LogP contribution in [0.3, 0.4) is 0 Å². The van der Waals surface area contributed by atoms with Crippen molar-refractivity contribution < 1.29 is 4.74 Å². The predicted molar refractivity (Wildman–Crippen MR) is 75.9 cm³/mol. The van der Waals surface area contributed by atoms with Crippen molar-refractivity contribution in [2.24, 2.45) is 0 Å². The van der Waals surface area contributed by atoms with E-state index in [9.17, 15) is 0 Å². The lowest BCUT2D eigenvalue weighted by atomic mass is 10.1. The average molecular weight is 348 g/mol. The van der Waals surface area contributed by atoms with Gasteiger partial charge in [-0.25, -0.2) is 9.97 Å². The summed E-state index contributed by atoms with van der Waals surface area (Å²) >= 11 is 15.1. The zero-order valence-electron chi connectivity index (χ0n) is 9.45. The Bertz CT molecular complexity index is 555. The van der Waals surface area contributed by atoms with Crippen molar-refractivity contribution in [2.75, 3.05) is 7.11 Å².